The van der Waals surface area contributed by atoms with Gasteiger partial charge in [0.2, 0.25) is 0 Å². The predicted molar refractivity (Wildman–Crippen MR) is 85.5 cm³/mol. The number of carbonyl (C=O) groups excluding carboxylic acids is 2. The number of thiophene rings is 1. The fourth-order valence-electron chi connectivity index (χ4n) is 2.32. The lowest BCUT2D eigenvalue weighted by Crippen LogP contribution is -2.28. The fraction of sp³-hybridized carbons (Fsp3) is 0.250. The first-order valence-electron chi connectivity index (χ1n) is 6.96. The molecule has 114 valence electrons. The fourth-order valence-corrected chi connectivity index (χ4v) is 3.15. The maximum atomic E-state index is 12.3. The van der Waals surface area contributed by atoms with Crippen molar-refractivity contribution >= 4 is 28.8 Å². The molecular formula is C16H16N2O3S. The first kappa shape index (κ1) is 14.6. The monoisotopic (exact) mass is 316 g/mol. The number of hydrogen-bond donors (Lipinski definition) is 2. The summed E-state index contributed by atoms with van der Waals surface area (Å²) < 4.78 is 5.33. The standard InChI is InChI=1S/C16H16N2O3S/c1-9-5-6-22-15(9)16(20)17-10(2)11-3-4-13-12(7-11)18-14(19)8-21-13/h3-7,10H,8H2,1-2H3,(H,17,20)(H,18,19)/t10-/m0/s1. The van der Waals surface area contributed by atoms with E-state index >= 15 is 0 Å². The number of benzene rings is 1. The molecule has 1 aliphatic rings. The first-order chi connectivity index (χ1) is 10.5. The average Bonchev–Trinajstić information content (AvgIpc) is 2.92. The van der Waals surface area contributed by atoms with Crippen molar-refractivity contribution in [1.82, 2.24) is 5.32 Å². The number of nitrogens with one attached hydrogen (secondary N) is 2. The van der Waals surface area contributed by atoms with E-state index in [4.69, 9.17) is 4.74 Å². The van der Waals surface area contributed by atoms with Gasteiger partial charge in [-0.3, -0.25) is 9.59 Å². The summed E-state index contributed by atoms with van der Waals surface area (Å²) in [6.45, 7) is 3.87. The van der Waals surface area contributed by atoms with Gasteiger partial charge < -0.3 is 15.4 Å². The molecule has 1 atom stereocenters. The lowest BCUT2D eigenvalue weighted by Gasteiger charge is -2.21. The third kappa shape index (κ3) is 2.82. The van der Waals surface area contributed by atoms with Gasteiger partial charge in [0.15, 0.2) is 6.61 Å². The van der Waals surface area contributed by atoms with Crippen molar-refractivity contribution in [2.24, 2.45) is 0 Å². The van der Waals surface area contributed by atoms with Crippen LogP contribution in [-0.2, 0) is 4.79 Å². The number of amides is 2. The molecule has 2 heterocycles. The maximum absolute atomic E-state index is 12.3. The van der Waals surface area contributed by atoms with Gasteiger partial charge in [-0.15, -0.1) is 11.3 Å². The minimum absolute atomic E-state index is 0.0380. The zero-order valence-corrected chi connectivity index (χ0v) is 13.1. The van der Waals surface area contributed by atoms with Crippen molar-refractivity contribution in [3.8, 4) is 5.75 Å². The van der Waals surface area contributed by atoms with Crippen LogP contribution < -0.4 is 15.4 Å². The highest BCUT2D eigenvalue weighted by atomic mass is 32.1. The summed E-state index contributed by atoms with van der Waals surface area (Å²) in [5.41, 5.74) is 2.52. The molecule has 2 aromatic rings. The second kappa shape index (κ2) is 5.81. The van der Waals surface area contributed by atoms with Gasteiger partial charge in [0.05, 0.1) is 16.6 Å². The van der Waals surface area contributed by atoms with Crippen LogP contribution in [0.2, 0.25) is 0 Å². The summed E-state index contributed by atoms with van der Waals surface area (Å²) in [6, 6.07) is 7.29. The van der Waals surface area contributed by atoms with E-state index in [2.05, 4.69) is 10.6 Å². The molecule has 2 N–H and O–H groups in total. The lowest BCUT2D eigenvalue weighted by atomic mass is 10.1. The van der Waals surface area contributed by atoms with Crippen molar-refractivity contribution in [2.75, 3.05) is 11.9 Å². The Labute approximate surface area is 132 Å². The van der Waals surface area contributed by atoms with E-state index in [-0.39, 0.29) is 24.5 Å². The van der Waals surface area contributed by atoms with E-state index in [1.807, 2.05) is 43.5 Å². The van der Waals surface area contributed by atoms with Gasteiger partial charge in [-0.05, 0) is 48.6 Å². The molecule has 0 bridgehead atoms. The second-order valence-corrected chi connectivity index (χ2v) is 6.14. The summed E-state index contributed by atoms with van der Waals surface area (Å²) in [5, 5.41) is 7.65. The molecule has 5 nitrogen and oxygen atoms in total. The van der Waals surface area contributed by atoms with Gasteiger partial charge in [0, 0.05) is 0 Å². The third-order valence-corrected chi connectivity index (χ3v) is 4.57. The molecule has 0 aliphatic carbocycles. The highest BCUT2D eigenvalue weighted by molar-refractivity contribution is 7.12. The van der Waals surface area contributed by atoms with Crippen LogP contribution >= 0.6 is 11.3 Å². The zero-order chi connectivity index (χ0) is 15.7. The molecule has 0 fully saturated rings. The molecular weight excluding hydrogens is 300 g/mol. The Bertz CT molecular complexity index is 739. The van der Waals surface area contributed by atoms with Gasteiger partial charge in [-0.2, -0.15) is 0 Å². The molecule has 0 spiro atoms. The molecule has 3 rings (SSSR count). The summed E-state index contributed by atoms with van der Waals surface area (Å²) in [4.78, 5) is 24.4. The lowest BCUT2D eigenvalue weighted by molar-refractivity contribution is -0.118. The second-order valence-electron chi connectivity index (χ2n) is 5.22. The topological polar surface area (TPSA) is 67.4 Å². The predicted octanol–water partition coefficient (Wildman–Crippen LogP) is 2.88. The van der Waals surface area contributed by atoms with Gasteiger partial charge in [-0.25, -0.2) is 0 Å². The van der Waals surface area contributed by atoms with Crippen molar-refractivity contribution in [3.05, 3.63) is 45.6 Å². The van der Waals surface area contributed by atoms with Crippen LogP contribution in [0.5, 0.6) is 5.75 Å². The zero-order valence-electron chi connectivity index (χ0n) is 12.3. The molecule has 1 aliphatic heterocycles. The van der Waals surface area contributed by atoms with Crippen molar-refractivity contribution in [2.45, 2.75) is 19.9 Å². The van der Waals surface area contributed by atoms with Crippen LogP contribution in [0.25, 0.3) is 0 Å². The minimum Gasteiger partial charge on any atom is -0.482 e. The summed E-state index contributed by atoms with van der Waals surface area (Å²) in [6.07, 6.45) is 0. The number of fused-ring (bicyclic) bond motifs is 1. The van der Waals surface area contributed by atoms with Crippen molar-refractivity contribution in [3.63, 3.8) is 0 Å². The largest absolute Gasteiger partial charge is 0.482 e. The van der Waals surface area contributed by atoms with Gasteiger partial charge >= 0.3 is 0 Å². The number of rotatable bonds is 3. The van der Waals surface area contributed by atoms with Crippen LogP contribution in [-0.4, -0.2) is 18.4 Å². The molecule has 0 saturated carbocycles. The van der Waals surface area contributed by atoms with E-state index < -0.39 is 0 Å². The summed E-state index contributed by atoms with van der Waals surface area (Å²) >= 11 is 1.43. The maximum Gasteiger partial charge on any atom is 0.262 e. The highest BCUT2D eigenvalue weighted by Gasteiger charge is 2.19. The molecule has 6 heteroatoms. The molecule has 22 heavy (non-hydrogen) atoms. The van der Waals surface area contributed by atoms with E-state index in [0.717, 1.165) is 16.0 Å². The van der Waals surface area contributed by atoms with E-state index in [0.29, 0.717) is 11.4 Å². The third-order valence-electron chi connectivity index (χ3n) is 3.55. The van der Waals surface area contributed by atoms with Crippen LogP contribution in [0.3, 0.4) is 0 Å². The van der Waals surface area contributed by atoms with Gasteiger partial charge in [-0.1, -0.05) is 6.07 Å². The molecule has 1 aromatic carbocycles. The Morgan fingerprint density at radius 2 is 2.23 bits per heavy atom. The summed E-state index contributed by atoms with van der Waals surface area (Å²) in [5.74, 6) is 0.393. The smallest absolute Gasteiger partial charge is 0.262 e. The molecule has 0 radical (unpaired) electrons. The number of hydrogen-bond acceptors (Lipinski definition) is 4. The molecule has 0 saturated heterocycles. The molecule has 2 amide bonds. The quantitative estimate of drug-likeness (QED) is 0.915. The highest BCUT2D eigenvalue weighted by Crippen LogP contribution is 2.30. The van der Waals surface area contributed by atoms with Crippen LogP contribution in [0.4, 0.5) is 5.69 Å². The summed E-state index contributed by atoms with van der Waals surface area (Å²) in [7, 11) is 0. The number of aryl methyl sites for hydroxylation is 1. The Morgan fingerprint density at radius 1 is 1.41 bits per heavy atom. The Morgan fingerprint density at radius 3 is 2.95 bits per heavy atom. The van der Waals surface area contributed by atoms with Gasteiger partial charge in [0.1, 0.15) is 5.75 Å². The van der Waals surface area contributed by atoms with Crippen LogP contribution in [0.1, 0.15) is 33.8 Å². The normalized spacial score (nSPS) is 14.5. The number of anilines is 1. The van der Waals surface area contributed by atoms with Crippen LogP contribution in [0.15, 0.2) is 29.6 Å². The molecule has 1 aromatic heterocycles. The van der Waals surface area contributed by atoms with Crippen LogP contribution in [0, 0.1) is 6.92 Å². The van der Waals surface area contributed by atoms with Gasteiger partial charge in [0.25, 0.3) is 11.8 Å². The Hall–Kier alpha value is -2.34. The Kier molecular flexibility index (Phi) is 3.85. The number of ether oxygens (including phenoxy) is 1. The minimum atomic E-state index is -0.171. The Balaban J connectivity index is 1.76. The van der Waals surface area contributed by atoms with E-state index in [1.165, 1.54) is 11.3 Å². The molecule has 0 unspecified atom stereocenters. The number of carbonyl (C=O) groups is 2. The van der Waals surface area contributed by atoms with Crippen molar-refractivity contribution < 1.29 is 14.3 Å². The van der Waals surface area contributed by atoms with Crippen molar-refractivity contribution in [1.29, 1.82) is 0 Å². The SMILES string of the molecule is Cc1ccsc1C(=O)N[C@@H](C)c1ccc2c(c1)NC(=O)CO2. The first-order valence-corrected chi connectivity index (χ1v) is 7.84. The van der Waals surface area contributed by atoms with E-state index in [9.17, 15) is 9.59 Å². The average molecular weight is 316 g/mol. The van der Waals surface area contributed by atoms with E-state index in [1.54, 1.807) is 0 Å².